The highest BCUT2D eigenvalue weighted by molar-refractivity contribution is 7.88. The second kappa shape index (κ2) is 6.47. The van der Waals surface area contributed by atoms with E-state index in [1.807, 2.05) is 12.1 Å². The minimum atomic E-state index is -3.07. The van der Waals surface area contributed by atoms with Crippen LogP contribution in [0.15, 0.2) is 24.5 Å². The lowest BCUT2D eigenvalue weighted by Crippen LogP contribution is -2.72. The van der Waals surface area contributed by atoms with Gasteiger partial charge in [0.05, 0.1) is 12.9 Å². The molecule has 2 aliphatic heterocycles. The maximum Gasteiger partial charge on any atom is 0.211 e. The van der Waals surface area contributed by atoms with E-state index in [4.69, 9.17) is 4.74 Å². The Morgan fingerprint density at radius 3 is 2.70 bits per heavy atom. The number of ether oxygens (including phenoxy) is 1. The van der Waals surface area contributed by atoms with Gasteiger partial charge in [-0.2, -0.15) is 4.31 Å². The molecule has 2 saturated heterocycles. The maximum atomic E-state index is 11.6. The molecule has 0 bridgehead atoms. The monoisotopic (exact) mass is 339 g/mol. The van der Waals surface area contributed by atoms with Gasteiger partial charge in [0.25, 0.3) is 0 Å². The minimum absolute atomic E-state index is 0.00598. The van der Waals surface area contributed by atoms with Gasteiger partial charge in [0.1, 0.15) is 0 Å². The van der Waals surface area contributed by atoms with Gasteiger partial charge in [0.15, 0.2) is 0 Å². The Balaban J connectivity index is 1.51. The Bertz CT molecular complexity index is 629. The van der Waals surface area contributed by atoms with E-state index in [1.165, 1.54) is 6.26 Å². The fourth-order valence-electron chi connectivity index (χ4n) is 3.59. The molecule has 0 aromatic carbocycles. The van der Waals surface area contributed by atoms with Gasteiger partial charge >= 0.3 is 0 Å². The molecule has 1 aromatic rings. The first-order chi connectivity index (χ1) is 10.9. The van der Waals surface area contributed by atoms with Crippen LogP contribution in [0.2, 0.25) is 0 Å². The van der Waals surface area contributed by atoms with Gasteiger partial charge in [0, 0.05) is 37.6 Å². The first-order valence-electron chi connectivity index (χ1n) is 8.02. The number of likely N-dealkylation sites (N-methyl/N-ethyl adjacent to an activating group) is 1. The molecule has 23 heavy (non-hydrogen) atoms. The third-order valence-corrected chi connectivity index (χ3v) is 6.33. The van der Waals surface area contributed by atoms with Crippen molar-refractivity contribution in [3.05, 3.63) is 30.1 Å². The molecule has 1 aromatic heterocycles. The van der Waals surface area contributed by atoms with Gasteiger partial charge in [-0.05, 0) is 50.0 Å². The van der Waals surface area contributed by atoms with Crippen LogP contribution in [0.5, 0.6) is 0 Å². The molecule has 0 aliphatic carbocycles. The van der Waals surface area contributed by atoms with Crippen molar-refractivity contribution in [1.29, 1.82) is 0 Å². The number of likely N-dealkylation sites (tertiary alicyclic amines) is 1. The van der Waals surface area contributed by atoms with E-state index in [0.717, 1.165) is 31.6 Å². The molecule has 0 amide bonds. The Hall–Kier alpha value is -1.02. The van der Waals surface area contributed by atoms with E-state index in [1.54, 1.807) is 16.7 Å². The number of nitrogens with zero attached hydrogens (tertiary/aromatic N) is 3. The average Bonchev–Trinajstić information content (AvgIpc) is 2.47. The second-order valence-corrected chi connectivity index (χ2v) is 8.89. The number of piperidine rings is 1. The van der Waals surface area contributed by atoms with Crippen LogP contribution in [-0.4, -0.2) is 67.7 Å². The normalized spacial score (nSPS) is 25.4. The summed E-state index contributed by atoms with van der Waals surface area (Å²) in [6.07, 6.45) is 6.95. The van der Waals surface area contributed by atoms with Crippen molar-refractivity contribution < 1.29 is 13.2 Å². The van der Waals surface area contributed by atoms with Crippen molar-refractivity contribution in [3.63, 3.8) is 0 Å². The quantitative estimate of drug-likeness (QED) is 0.799. The van der Waals surface area contributed by atoms with E-state index in [2.05, 4.69) is 16.9 Å². The number of hydrogen-bond donors (Lipinski definition) is 0. The van der Waals surface area contributed by atoms with E-state index in [9.17, 15) is 8.42 Å². The molecular weight excluding hydrogens is 314 g/mol. The van der Waals surface area contributed by atoms with E-state index in [-0.39, 0.29) is 5.54 Å². The minimum Gasteiger partial charge on any atom is -0.376 e. The molecule has 1 unspecified atom stereocenters. The first kappa shape index (κ1) is 16.8. The summed E-state index contributed by atoms with van der Waals surface area (Å²) in [6, 6.07) is 3.93. The Kier molecular flexibility index (Phi) is 4.73. The van der Waals surface area contributed by atoms with Crippen LogP contribution in [0.3, 0.4) is 0 Å². The molecule has 7 heteroatoms. The lowest BCUT2D eigenvalue weighted by Gasteiger charge is -2.57. The summed E-state index contributed by atoms with van der Waals surface area (Å²) in [5, 5.41) is 0. The largest absolute Gasteiger partial charge is 0.376 e. The smallest absolute Gasteiger partial charge is 0.211 e. The van der Waals surface area contributed by atoms with Crippen LogP contribution in [0, 0.1) is 5.92 Å². The van der Waals surface area contributed by atoms with Gasteiger partial charge in [-0.1, -0.05) is 0 Å². The van der Waals surface area contributed by atoms with E-state index < -0.39 is 10.0 Å². The third-order valence-electron chi connectivity index (χ3n) is 5.13. The van der Waals surface area contributed by atoms with Crippen LogP contribution in [0.25, 0.3) is 0 Å². The van der Waals surface area contributed by atoms with Crippen LogP contribution in [0.1, 0.15) is 18.4 Å². The van der Waals surface area contributed by atoms with Gasteiger partial charge in [0.2, 0.25) is 10.0 Å². The van der Waals surface area contributed by atoms with Crippen molar-refractivity contribution in [2.75, 3.05) is 39.5 Å². The van der Waals surface area contributed by atoms with Gasteiger partial charge < -0.3 is 4.74 Å². The van der Waals surface area contributed by atoms with Gasteiger partial charge in [-0.15, -0.1) is 0 Å². The highest BCUT2D eigenvalue weighted by Gasteiger charge is 2.52. The number of sulfonamides is 1. The van der Waals surface area contributed by atoms with Crippen molar-refractivity contribution in [3.8, 4) is 0 Å². The first-order valence-corrected chi connectivity index (χ1v) is 9.87. The standard InChI is InChI=1S/C16H25N3O3S/c1-18-8-5-15(11-22-10-14-3-6-17-7-4-14)9-16(18)12-19(13-16)23(2,20)21/h3-4,6-7,15H,5,8-13H2,1-2H3. The summed E-state index contributed by atoms with van der Waals surface area (Å²) in [6.45, 7) is 3.57. The molecule has 0 radical (unpaired) electrons. The summed E-state index contributed by atoms with van der Waals surface area (Å²) in [5.74, 6) is 0.495. The van der Waals surface area contributed by atoms with E-state index in [0.29, 0.717) is 25.6 Å². The second-order valence-electron chi connectivity index (χ2n) is 6.91. The SMILES string of the molecule is CN1CCC(COCc2ccncc2)CC12CN(S(C)(=O)=O)C2. The summed E-state index contributed by atoms with van der Waals surface area (Å²) in [5.41, 5.74) is 1.14. The Morgan fingerprint density at radius 2 is 2.04 bits per heavy atom. The number of rotatable bonds is 5. The van der Waals surface area contributed by atoms with Gasteiger partial charge in [-0.3, -0.25) is 9.88 Å². The zero-order chi connectivity index (χ0) is 16.5. The van der Waals surface area contributed by atoms with Crippen LogP contribution < -0.4 is 0 Å². The number of aromatic nitrogens is 1. The Labute approximate surface area is 138 Å². The molecule has 3 heterocycles. The lowest BCUT2D eigenvalue weighted by molar-refractivity contribution is -0.0598. The van der Waals surface area contributed by atoms with Crippen molar-refractivity contribution >= 4 is 10.0 Å². The topological polar surface area (TPSA) is 62.7 Å². The summed E-state index contributed by atoms with van der Waals surface area (Å²) in [4.78, 5) is 6.33. The number of pyridine rings is 1. The van der Waals surface area contributed by atoms with Crippen molar-refractivity contribution in [2.45, 2.75) is 25.0 Å². The highest BCUT2D eigenvalue weighted by atomic mass is 32.2. The zero-order valence-electron chi connectivity index (χ0n) is 13.8. The third kappa shape index (κ3) is 3.74. The van der Waals surface area contributed by atoms with Crippen LogP contribution >= 0.6 is 0 Å². The van der Waals surface area contributed by atoms with E-state index >= 15 is 0 Å². The molecule has 2 fully saturated rings. The lowest BCUT2D eigenvalue weighted by atomic mass is 9.77. The zero-order valence-corrected chi connectivity index (χ0v) is 14.6. The molecule has 3 rings (SSSR count). The van der Waals surface area contributed by atoms with Crippen LogP contribution in [-0.2, 0) is 21.4 Å². The molecule has 0 N–H and O–H groups in total. The van der Waals surface area contributed by atoms with Crippen molar-refractivity contribution in [2.24, 2.45) is 5.92 Å². The molecule has 2 aliphatic rings. The molecule has 0 saturated carbocycles. The molecule has 1 atom stereocenters. The molecule has 1 spiro atoms. The highest BCUT2D eigenvalue weighted by Crippen LogP contribution is 2.39. The summed E-state index contributed by atoms with van der Waals surface area (Å²) >= 11 is 0. The fourth-order valence-corrected chi connectivity index (χ4v) is 4.54. The maximum absolute atomic E-state index is 11.6. The molecule has 128 valence electrons. The number of hydrogen-bond acceptors (Lipinski definition) is 5. The Morgan fingerprint density at radius 1 is 1.35 bits per heavy atom. The fraction of sp³-hybridized carbons (Fsp3) is 0.688. The molecular formula is C16H25N3O3S. The van der Waals surface area contributed by atoms with Gasteiger partial charge in [-0.25, -0.2) is 8.42 Å². The predicted octanol–water partition coefficient (Wildman–Crippen LogP) is 0.954. The van der Waals surface area contributed by atoms with Crippen LogP contribution in [0.4, 0.5) is 0 Å². The summed E-state index contributed by atoms with van der Waals surface area (Å²) in [7, 11) is -0.961. The average molecular weight is 339 g/mol. The summed E-state index contributed by atoms with van der Waals surface area (Å²) < 4.78 is 30.7. The van der Waals surface area contributed by atoms with Crippen molar-refractivity contribution in [1.82, 2.24) is 14.2 Å². The molecule has 6 nitrogen and oxygen atoms in total. The predicted molar refractivity (Wildman–Crippen MR) is 88.4 cm³/mol.